The molecular formula is C13H18N2O3S. The van der Waals surface area contributed by atoms with Crippen molar-refractivity contribution >= 4 is 24.1 Å². The van der Waals surface area contributed by atoms with Crippen LogP contribution >= 0.6 is 12.2 Å². The molecule has 1 amide bonds. The summed E-state index contributed by atoms with van der Waals surface area (Å²) < 4.78 is 5.23. The van der Waals surface area contributed by atoms with Crippen LogP contribution < -0.4 is 5.32 Å². The van der Waals surface area contributed by atoms with E-state index in [-0.39, 0.29) is 24.3 Å². The summed E-state index contributed by atoms with van der Waals surface area (Å²) >= 11 is 5.03. The van der Waals surface area contributed by atoms with Crippen molar-refractivity contribution in [1.82, 2.24) is 10.3 Å². The first kappa shape index (κ1) is 15.4. The molecule has 1 heterocycles. The molecule has 0 saturated carbocycles. The quantitative estimate of drug-likeness (QED) is 0.620. The Morgan fingerprint density at radius 1 is 1.53 bits per heavy atom. The first-order chi connectivity index (χ1) is 9.04. The number of aromatic nitrogens is 1. The molecule has 0 aliphatic heterocycles. The lowest BCUT2D eigenvalue weighted by Gasteiger charge is -2.13. The Kier molecular flexibility index (Phi) is 6.21. The number of hydrogen-bond acceptors (Lipinski definition) is 4. The van der Waals surface area contributed by atoms with Gasteiger partial charge in [-0.25, -0.2) is 0 Å². The highest BCUT2D eigenvalue weighted by Gasteiger charge is 2.12. The van der Waals surface area contributed by atoms with Gasteiger partial charge in [-0.3, -0.25) is 9.59 Å². The topological polar surface area (TPSA) is 71.2 Å². The van der Waals surface area contributed by atoms with Crippen molar-refractivity contribution < 1.29 is 14.3 Å². The van der Waals surface area contributed by atoms with E-state index in [9.17, 15) is 9.59 Å². The molecule has 0 spiro atoms. The molecule has 0 saturated heterocycles. The highest BCUT2D eigenvalue weighted by Crippen LogP contribution is 2.03. The van der Waals surface area contributed by atoms with Gasteiger partial charge in [0.2, 0.25) is 0 Å². The molecule has 1 aromatic heterocycles. The Hall–Kier alpha value is -1.69. The van der Waals surface area contributed by atoms with Crippen LogP contribution in [0.2, 0.25) is 0 Å². The van der Waals surface area contributed by atoms with E-state index in [4.69, 9.17) is 17.0 Å². The van der Waals surface area contributed by atoms with Gasteiger partial charge in [0, 0.05) is 18.7 Å². The van der Waals surface area contributed by atoms with Crippen LogP contribution in [0.15, 0.2) is 18.3 Å². The largest absolute Gasteiger partial charge is 0.466 e. The highest BCUT2D eigenvalue weighted by atomic mass is 32.1. The second-order valence-electron chi connectivity index (χ2n) is 4.13. The number of ether oxygens (including phenoxy) is 1. The number of carbonyl (C=O) groups is 2. The van der Waals surface area contributed by atoms with Gasteiger partial charge in [0.1, 0.15) is 4.64 Å². The minimum Gasteiger partial charge on any atom is -0.466 e. The van der Waals surface area contributed by atoms with Crippen LogP contribution in [0.25, 0.3) is 0 Å². The number of hydrogen-bond donors (Lipinski definition) is 2. The van der Waals surface area contributed by atoms with Gasteiger partial charge < -0.3 is 15.0 Å². The van der Waals surface area contributed by atoms with E-state index in [1.807, 2.05) is 6.92 Å². The van der Waals surface area contributed by atoms with Crippen LogP contribution in [0.4, 0.5) is 0 Å². The second kappa shape index (κ2) is 7.68. The molecule has 1 atom stereocenters. The van der Waals surface area contributed by atoms with Gasteiger partial charge in [0.05, 0.1) is 12.2 Å². The van der Waals surface area contributed by atoms with Crippen molar-refractivity contribution in [1.29, 1.82) is 0 Å². The summed E-state index contributed by atoms with van der Waals surface area (Å²) in [5.41, 5.74) is 0.431. The van der Waals surface area contributed by atoms with Crippen LogP contribution in [0.1, 0.15) is 37.0 Å². The highest BCUT2D eigenvalue weighted by molar-refractivity contribution is 7.71. The minimum absolute atomic E-state index is 0.119. The van der Waals surface area contributed by atoms with E-state index in [1.165, 1.54) is 0 Å². The van der Waals surface area contributed by atoms with Gasteiger partial charge in [-0.15, -0.1) is 0 Å². The summed E-state index contributed by atoms with van der Waals surface area (Å²) in [4.78, 5) is 25.9. The molecule has 0 radical (unpaired) electrons. The third-order valence-corrected chi connectivity index (χ3v) is 2.86. The molecule has 19 heavy (non-hydrogen) atoms. The summed E-state index contributed by atoms with van der Waals surface area (Å²) in [7, 11) is 0. The van der Waals surface area contributed by atoms with Crippen LogP contribution in [0.3, 0.4) is 0 Å². The van der Waals surface area contributed by atoms with Gasteiger partial charge in [-0.1, -0.05) is 12.2 Å². The average molecular weight is 282 g/mol. The number of nitrogens with one attached hydrogen (secondary N) is 2. The molecule has 5 nitrogen and oxygen atoms in total. The normalized spacial score (nSPS) is 11.7. The van der Waals surface area contributed by atoms with Crippen molar-refractivity contribution in [2.75, 3.05) is 6.61 Å². The van der Waals surface area contributed by atoms with E-state index >= 15 is 0 Å². The zero-order valence-corrected chi connectivity index (χ0v) is 11.9. The van der Waals surface area contributed by atoms with Crippen molar-refractivity contribution in [2.45, 2.75) is 32.7 Å². The van der Waals surface area contributed by atoms with Crippen molar-refractivity contribution in [2.24, 2.45) is 0 Å². The van der Waals surface area contributed by atoms with Gasteiger partial charge in [0.25, 0.3) is 5.91 Å². The third kappa shape index (κ3) is 5.21. The Labute approximate surface area is 117 Å². The lowest BCUT2D eigenvalue weighted by atomic mass is 10.1. The number of H-pyrrole nitrogens is 1. The molecule has 0 aliphatic rings. The van der Waals surface area contributed by atoms with E-state index in [0.717, 1.165) is 0 Å². The van der Waals surface area contributed by atoms with Crippen LogP contribution in [0.5, 0.6) is 0 Å². The predicted molar refractivity (Wildman–Crippen MR) is 74.4 cm³/mol. The van der Waals surface area contributed by atoms with Crippen LogP contribution in [-0.4, -0.2) is 29.5 Å². The molecule has 1 rings (SSSR count). The smallest absolute Gasteiger partial charge is 0.305 e. The summed E-state index contributed by atoms with van der Waals surface area (Å²) in [5, 5.41) is 2.80. The Morgan fingerprint density at radius 3 is 2.89 bits per heavy atom. The van der Waals surface area contributed by atoms with Gasteiger partial charge >= 0.3 is 5.97 Å². The maximum atomic E-state index is 11.9. The monoisotopic (exact) mass is 282 g/mol. The molecule has 2 N–H and O–H groups in total. The standard InChI is InChI=1S/C13H18N2O3S/c1-3-18-11(16)7-6-9(2)15-12(17)10-5-4-8-14-13(10)19/h4-5,8-9H,3,6-7H2,1-2H3,(H,14,19)(H,15,17)/t9-/m1/s1. The SMILES string of the molecule is CCOC(=O)CC[C@@H](C)NC(=O)c1ccc[nH]c1=S. The Morgan fingerprint density at radius 2 is 2.26 bits per heavy atom. The van der Waals surface area contributed by atoms with E-state index < -0.39 is 0 Å². The Bertz CT molecular complexity index is 499. The van der Waals surface area contributed by atoms with Crippen LogP contribution in [-0.2, 0) is 9.53 Å². The van der Waals surface area contributed by atoms with Crippen LogP contribution in [0, 0.1) is 4.64 Å². The molecule has 0 aromatic carbocycles. The number of rotatable bonds is 6. The maximum absolute atomic E-state index is 11.9. The molecule has 0 fully saturated rings. The molecule has 0 aliphatic carbocycles. The van der Waals surface area contributed by atoms with Crippen molar-refractivity contribution in [3.63, 3.8) is 0 Å². The van der Waals surface area contributed by atoms with Gasteiger partial charge in [0.15, 0.2) is 0 Å². The lowest BCUT2D eigenvalue weighted by molar-refractivity contribution is -0.143. The number of pyridine rings is 1. The zero-order valence-electron chi connectivity index (χ0n) is 11.1. The zero-order chi connectivity index (χ0) is 14.3. The van der Waals surface area contributed by atoms with Gasteiger partial charge in [-0.05, 0) is 32.4 Å². The molecule has 6 heteroatoms. The molecule has 1 aromatic rings. The third-order valence-electron chi connectivity index (χ3n) is 2.53. The Balaban J connectivity index is 2.47. The maximum Gasteiger partial charge on any atom is 0.305 e. The molecule has 104 valence electrons. The number of aromatic amines is 1. The fourth-order valence-corrected chi connectivity index (χ4v) is 1.77. The minimum atomic E-state index is -0.249. The van der Waals surface area contributed by atoms with Crippen molar-refractivity contribution in [3.05, 3.63) is 28.5 Å². The summed E-state index contributed by atoms with van der Waals surface area (Å²) in [6, 6.07) is 3.26. The average Bonchev–Trinajstić information content (AvgIpc) is 2.37. The summed E-state index contributed by atoms with van der Waals surface area (Å²) in [5.74, 6) is -0.487. The lowest BCUT2D eigenvalue weighted by Crippen LogP contribution is -2.33. The van der Waals surface area contributed by atoms with Gasteiger partial charge in [-0.2, -0.15) is 0 Å². The predicted octanol–water partition coefficient (Wildman–Crippen LogP) is 2.21. The molecule has 0 bridgehead atoms. The second-order valence-corrected chi connectivity index (χ2v) is 4.54. The summed E-state index contributed by atoms with van der Waals surface area (Å²) in [6.07, 6.45) is 2.49. The first-order valence-electron chi connectivity index (χ1n) is 6.18. The van der Waals surface area contributed by atoms with E-state index in [1.54, 1.807) is 25.3 Å². The number of carbonyl (C=O) groups excluding carboxylic acids is 2. The molecule has 0 unspecified atom stereocenters. The molecular weight excluding hydrogens is 264 g/mol. The summed E-state index contributed by atoms with van der Waals surface area (Å²) in [6.45, 7) is 3.98. The van der Waals surface area contributed by atoms with E-state index in [2.05, 4.69) is 10.3 Å². The first-order valence-corrected chi connectivity index (χ1v) is 6.59. The number of esters is 1. The fraction of sp³-hybridized carbons (Fsp3) is 0.462. The fourth-order valence-electron chi connectivity index (χ4n) is 1.54. The number of amides is 1. The van der Waals surface area contributed by atoms with E-state index in [0.29, 0.717) is 23.2 Å². The van der Waals surface area contributed by atoms with Crippen molar-refractivity contribution in [3.8, 4) is 0 Å².